The highest BCUT2D eigenvalue weighted by molar-refractivity contribution is 9.10. The molecule has 0 aliphatic rings. The van der Waals surface area contributed by atoms with Crippen LogP contribution in [0.1, 0.15) is 5.56 Å². The van der Waals surface area contributed by atoms with Gasteiger partial charge >= 0.3 is 6.18 Å². The molecule has 2 N–H and O–H groups in total. The third-order valence-corrected chi connectivity index (χ3v) is 4.50. The highest BCUT2D eigenvalue weighted by atomic mass is 79.9. The van der Waals surface area contributed by atoms with E-state index in [9.17, 15) is 13.2 Å². The molecule has 0 aliphatic carbocycles. The fraction of sp³-hybridized carbons (Fsp3) is 0.0769. The average Bonchev–Trinajstić information content (AvgIpc) is 2.33. The number of nitrogen functional groups attached to an aromatic ring is 1. The van der Waals surface area contributed by atoms with Crippen LogP contribution in [-0.2, 0) is 6.18 Å². The molecule has 0 radical (unpaired) electrons. The van der Waals surface area contributed by atoms with Gasteiger partial charge in [-0.3, -0.25) is 0 Å². The molecule has 0 heterocycles. The molecule has 100 valence electrons. The molecule has 2 aromatic carbocycles. The second kappa shape index (κ2) is 5.46. The Morgan fingerprint density at radius 1 is 1.00 bits per heavy atom. The fourth-order valence-electron chi connectivity index (χ4n) is 1.45. The van der Waals surface area contributed by atoms with Gasteiger partial charge in [0.15, 0.2) is 0 Å². The number of hydrogen-bond acceptors (Lipinski definition) is 2. The van der Waals surface area contributed by atoms with E-state index in [0.29, 0.717) is 10.6 Å². The molecule has 1 nitrogen and oxygen atoms in total. The average molecular weight is 348 g/mol. The van der Waals surface area contributed by atoms with Crippen LogP contribution in [0.25, 0.3) is 0 Å². The predicted molar refractivity (Wildman–Crippen MR) is 74.1 cm³/mol. The van der Waals surface area contributed by atoms with E-state index >= 15 is 0 Å². The predicted octanol–water partition coefficient (Wildman–Crippen LogP) is 5.20. The molecule has 0 aliphatic heterocycles. The van der Waals surface area contributed by atoms with Gasteiger partial charge in [0.2, 0.25) is 0 Å². The highest BCUT2D eigenvalue weighted by Crippen LogP contribution is 2.39. The molecular formula is C13H9BrF3NS. The number of halogens is 4. The molecule has 0 amide bonds. The Bertz CT molecular complexity index is 599. The summed E-state index contributed by atoms with van der Waals surface area (Å²) in [6.45, 7) is 0. The summed E-state index contributed by atoms with van der Waals surface area (Å²) >= 11 is 4.55. The molecule has 0 bridgehead atoms. The molecule has 0 saturated carbocycles. The van der Waals surface area contributed by atoms with E-state index in [1.165, 1.54) is 17.8 Å². The highest BCUT2D eigenvalue weighted by Gasteiger charge is 2.30. The molecule has 2 aromatic rings. The number of alkyl halides is 3. The fourth-order valence-corrected chi connectivity index (χ4v) is 2.89. The zero-order valence-corrected chi connectivity index (χ0v) is 11.9. The maximum absolute atomic E-state index is 12.7. The zero-order chi connectivity index (χ0) is 14.0. The van der Waals surface area contributed by atoms with Crippen molar-refractivity contribution in [2.75, 3.05) is 5.73 Å². The summed E-state index contributed by atoms with van der Waals surface area (Å²) in [5, 5.41) is 0. The Morgan fingerprint density at radius 2 is 1.68 bits per heavy atom. The second-order valence-electron chi connectivity index (χ2n) is 3.78. The first kappa shape index (κ1) is 14.3. The van der Waals surface area contributed by atoms with Crippen molar-refractivity contribution in [3.05, 3.63) is 52.5 Å². The van der Waals surface area contributed by atoms with Gasteiger partial charge in [-0.15, -0.1) is 0 Å². The van der Waals surface area contributed by atoms with Crippen molar-refractivity contribution in [1.82, 2.24) is 0 Å². The van der Waals surface area contributed by atoms with Crippen LogP contribution in [0.2, 0.25) is 0 Å². The van der Waals surface area contributed by atoms with Crippen LogP contribution in [0.5, 0.6) is 0 Å². The van der Waals surface area contributed by atoms with Crippen molar-refractivity contribution in [3.8, 4) is 0 Å². The minimum Gasteiger partial charge on any atom is -0.398 e. The van der Waals surface area contributed by atoms with Crippen molar-refractivity contribution in [1.29, 1.82) is 0 Å². The second-order valence-corrected chi connectivity index (χ2v) is 5.72. The van der Waals surface area contributed by atoms with Gasteiger partial charge in [-0.2, -0.15) is 13.2 Å². The van der Waals surface area contributed by atoms with Crippen molar-refractivity contribution in [2.24, 2.45) is 0 Å². The third-order valence-electron chi connectivity index (χ3n) is 2.40. The summed E-state index contributed by atoms with van der Waals surface area (Å²) in [5.41, 5.74) is 5.36. The first-order chi connectivity index (χ1) is 8.88. The molecule has 2 rings (SSSR count). The van der Waals surface area contributed by atoms with Gasteiger partial charge in [0, 0.05) is 20.0 Å². The molecule has 19 heavy (non-hydrogen) atoms. The monoisotopic (exact) mass is 347 g/mol. The first-order valence-corrected chi connectivity index (χ1v) is 6.88. The Labute approximate surface area is 121 Å². The topological polar surface area (TPSA) is 26.0 Å². The van der Waals surface area contributed by atoms with Crippen LogP contribution in [0.15, 0.2) is 56.7 Å². The number of anilines is 1. The lowest BCUT2D eigenvalue weighted by atomic mass is 10.2. The zero-order valence-electron chi connectivity index (χ0n) is 9.54. The minimum absolute atomic E-state index is 0.328. The Kier molecular flexibility index (Phi) is 4.10. The van der Waals surface area contributed by atoms with Crippen LogP contribution in [0, 0.1) is 0 Å². The van der Waals surface area contributed by atoms with Crippen molar-refractivity contribution in [2.45, 2.75) is 16.0 Å². The lowest BCUT2D eigenvalue weighted by Gasteiger charge is -2.11. The van der Waals surface area contributed by atoms with Gasteiger partial charge < -0.3 is 5.73 Å². The van der Waals surface area contributed by atoms with Crippen molar-refractivity contribution >= 4 is 33.4 Å². The number of nitrogens with two attached hydrogens (primary N) is 1. The number of benzene rings is 2. The van der Waals surface area contributed by atoms with E-state index in [-0.39, 0.29) is 0 Å². The first-order valence-electron chi connectivity index (χ1n) is 5.27. The molecule has 6 heteroatoms. The lowest BCUT2D eigenvalue weighted by molar-refractivity contribution is -0.137. The van der Waals surface area contributed by atoms with Gasteiger partial charge in [0.1, 0.15) is 0 Å². The minimum atomic E-state index is -4.36. The lowest BCUT2D eigenvalue weighted by Crippen LogP contribution is -2.05. The maximum Gasteiger partial charge on any atom is 0.416 e. The van der Waals surface area contributed by atoms with Crippen LogP contribution in [0.3, 0.4) is 0 Å². The Hall–Kier alpha value is -1.14. The van der Waals surface area contributed by atoms with E-state index in [2.05, 4.69) is 15.9 Å². The van der Waals surface area contributed by atoms with Crippen LogP contribution < -0.4 is 5.73 Å². The van der Waals surface area contributed by atoms with Gasteiger partial charge in [0.05, 0.1) is 5.56 Å². The standard InChI is InChI=1S/C13H9BrF3NS/c14-9-3-1-2-4-11(9)19-12-7-8(13(15,16)17)5-6-10(12)18/h1-7H,18H2. The van der Waals surface area contributed by atoms with Crippen molar-refractivity contribution in [3.63, 3.8) is 0 Å². The molecule has 0 unspecified atom stereocenters. The van der Waals surface area contributed by atoms with E-state index in [1.807, 2.05) is 24.3 Å². The number of rotatable bonds is 2. The van der Waals surface area contributed by atoms with Gasteiger partial charge in [-0.25, -0.2) is 0 Å². The van der Waals surface area contributed by atoms with E-state index in [0.717, 1.165) is 21.5 Å². The van der Waals surface area contributed by atoms with Gasteiger partial charge in [-0.05, 0) is 46.3 Å². The van der Waals surface area contributed by atoms with Crippen molar-refractivity contribution < 1.29 is 13.2 Å². The molecule has 0 aromatic heterocycles. The molecule has 0 saturated heterocycles. The van der Waals surface area contributed by atoms with Gasteiger partial charge in [-0.1, -0.05) is 23.9 Å². The smallest absolute Gasteiger partial charge is 0.398 e. The summed E-state index contributed by atoms with van der Waals surface area (Å²) in [6.07, 6.45) is -4.36. The summed E-state index contributed by atoms with van der Waals surface area (Å²) < 4.78 is 38.8. The quantitative estimate of drug-likeness (QED) is 0.755. The summed E-state index contributed by atoms with van der Waals surface area (Å²) in [6, 6.07) is 10.6. The molecule has 0 fully saturated rings. The Morgan fingerprint density at radius 3 is 2.32 bits per heavy atom. The largest absolute Gasteiger partial charge is 0.416 e. The normalized spacial score (nSPS) is 11.6. The van der Waals surface area contributed by atoms with Crippen LogP contribution in [-0.4, -0.2) is 0 Å². The molecule has 0 atom stereocenters. The van der Waals surface area contributed by atoms with E-state index in [1.54, 1.807) is 0 Å². The van der Waals surface area contributed by atoms with E-state index < -0.39 is 11.7 Å². The third kappa shape index (κ3) is 3.45. The Balaban J connectivity index is 2.38. The summed E-state index contributed by atoms with van der Waals surface area (Å²) in [7, 11) is 0. The van der Waals surface area contributed by atoms with E-state index in [4.69, 9.17) is 5.73 Å². The summed E-state index contributed by atoms with van der Waals surface area (Å²) in [5.74, 6) is 0. The van der Waals surface area contributed by atoms with Crippen LogP contribution in [0.4, 0.5) is 18.9 Å². The molecule has 0 spiro atoms. The SMILES string of the molecule is Nc1ccc(C(F)(F)F)cc1Sc1ccccc1Br. The number of hydrogen-bond donors (Lipinski definition) is 1. The molecular weight excluding hydrogens is 339 g/mol. The maximum atomic E-state index is 12.7. The van der Waals surface area contributed by atoms with Gasteiger partial charge in [0.25, 0.3) is 0 Å². The van der Waals surface area contributed by atoms with Crippen LogP contribution >= 0.6 is 27.7 Å². The summed E-state index contributed by atoms with van der Waals surface area (Å²) in [4.78, 5) is 1.20.